The van der Waals surface area contributed by atoms with Crippen molar-refractivity contribution in [1.82, 2.24) is 19.9 Å². The third-order valence-electron chi connectivity index (χ3n) is 7.85. The van der Waals surface area contributed by atoms with E-state index < -0.39 is 11.4 Å². The second-order valence-electron chi connectivity index (χ2n) is 10.4. The molecule has 9 heteroatoms. The number of methoxy groups -OCH3 is 1. The van der Waals surface area contributed by atoms with Crippen LogP contribution in [-0.4, -0.2) is 64.3 Å². The van der Waals surface area contributed by atoms with Gasteiger partial charge in [0.05, 0.1) is 19.7 Å². The van der Waals surface area contributed by atoms with Gasteiger partial charge in [0.25, 0.3) is 0 Å². The van der Waals surface area contributed by atoms with Gasteiger partial charge < -0.3 is 19.9 Å². The maximum Gasteiger partial charge on any atom is 0.221 e. The summed E-state index contributed by atoms with van der Waals surface area (Å²) in [5.41, 5.74) is 2.00. The Hall–Kier alpha value is -1.84. The summed E-state index contributed by atoms with van der Waals surface area (Å²) in [7, 11) is 1.59. The number of benzene rings is 1. The monoisotopic (exact) mass is 560 g/mol. The van der Waals surface area contributed by atoms with E-state index in [1.807, 2.05) is 36.4 Å². The molecule has 4 rings (SSSR count). The second kappa shape index (κ2) is 14.5. The summed E-state index contributed by atoms with van der Waals surface area (Å²) in [6.07, 6.45) is 8.39. The third kappa shape index (κ3) is 7.85. The quantitative estimate of drug-likeness (QED) is 0.366. The molecule has 2 fully saturated rings. The molecule has 7 nitrogen and oxygen atoms in total. The minimum Gasteiger partial charge on any atom is -0.598 e. The number of piperazine rings is 1. The number of carbonyl (C=O) groups is 1. The Balaban J connectivity index is 1.38. The van der Waals surface area contributed by atoms with E-state index >= 15 is 0 Å². The highest BCUT2D eigenvalue weighted by molar-refractivity contribution is 7.89. The lowest BCUT2D eigenvalue weighted by Gasteiger charge is -2.36. The minimum atomic E-state index is -0.902. The lowest BCUT2D eigenvalue weighted by molar-refractivity contribution is -0.122. The van der Waals surface area contributed by atoms with Crippen molar-refractivity contribution >= 4 is 28.9 Å². The smallest absolute Gasteiger partial charge is 0.221 e. The fourth-order valence-electron chi connectivity index (χ4n) is 5.82. The van der Waals surface area contributed by atoms with E-state index in [-0.39, 0.29) is 17.9 Å². The number of pyridine rings is 1. The van der Waals surface area contributed by atoms with Gasteiger partial charge in [-0.25, -0.2) is 4.98 Å². The summed E-state index contributed by atoms with van der Waals surface area (Å²) in [6, 6.07) is 12.0. The number of nitrogens with one attached hydrogen (secondary N) is 2. The zero-order valence-corrected chi connectivity index (χ0v) is 24.1. The normalized spacial score (nSPS) is 23.6. The van der Waals surface area contributed by atoms with E-state index in [0.717, 1.165) is 75.0 Å². The van der Waals surface area contributed by atoms with Gasteiger partial charge in [0.15, 0.2) is 0 Å². The average Bonchev–Trinajstić information content (AvgIpc) is 3.38. The first-order valence-electron chi connectivity index (χ1n) is 13.9. The van der Waals surface area contributed by atoms with E-state index in [4.69, 9.17) is 16.3 Å². The molecule has 38 heavy (non-hydrogen) atoms. The van der Waals surface area contributed by atoms with Gasteiger partial charge in [-0.15, -0.1) is 4.31 Å². The van der Waals surface area contributed by atoms with Gasteiger partial charge in [-0.2, -0.15) is 0 Å². The second-order valence-corrected chi connectivity index (χ2v) is 12.4. The largest absolute Gasteiger partial charge is 0.598 e. The number of nitrogens with zero attached hydrogens (tertiary/aromatic N) is 2. The molecule has 4 unspecified atom stereocenters. The SMILES string of the molecule is CCC[S+]([O-])N1CCNCC1CC[C@H]1CCCC1NC(=O)CC(c1ccc(Cl)cc1)c1ccc(OC)nc1. The van der Waals surface area contributed by atoms with Crippen molar-refractivity contribution in [3.8, 4) is 5.88 Å². The van der Waals surface area contributed by atoms with E-state index in [9.17, 15) is 9.35 Å². The molecule has 1 aromatic carbocycles. The molecule has 1 aromatic heterocycles. The molecule has 1 saturated heterocycles. The van der Waals surface area contributed by atoms with Gasteiger partial charge in [0.2, 0.25) is 11.8 Å². The number of ether oxygens (including phenoxy) is 1. The zero-order chi connectivity index (χ0) is 26.9. The number of halogens is 1. The molecule has 1 saturated carbocycles. The highest BCUT2D eigenvalue weighted by Crippen LogP contribution is 2.33. The Labute approximate surface area is 235 Å². The summed E-state index contributed by atoms with van der Waals surface area (Å²) in [5, 5.41) is 7.52. The Kier molecular flexibility index (Phi) is 11.1. The summed E-state index contributed by atoms with van der Waals surface area (Å²) in [5.74, 6) is 1.67. The summed E-state index contributed by atoms with van der Waals surface area (Å²) in [6.45, 7) is 4.71. The molecule has 0 radical (unpaired) electrons. The maximum atomic E-state index is 13.4. The van der Waals surface area contributed by atoms with E-state index in [1.165, 1.54) is 0 Å². The van der Waals surface area contributed by atoms with Crippen LogP contribution < -0.4 is 15.4 Å². The van der Waals surface area contributed by atoms with Crippen LogP contribution >= 0.6 is 11.6 Å². The van der Waals surface area contributed by atoms with Gasteiger partial charge in [-0.1, -0.05) is 43.1 Å². The fourth-order valence-corrected chi connectivity index (χ4v) is 7.34. The van der Waals surface area contributed by atoms with Crippen LogP contribution in [-0.2, 0) is 16.2 Å². The molecule has 2 heterocycles. The Bertz CT molecular complexity index is 1010. The van der Waals surface area contributed by atoms with Crippen LogP contribution in [0.25, 0.3) is 0 Å². The topological polar surface area (TPSA) is 89.6 Å². The van der Waals surface area contributed by atoms with Crippen LogP contribution in [0.2, 0.25) is 5.02 Å². The first-order valence-corrected chi connectivity index (χ1v) is 15.5. The van der Waals surface area contributed by atoms with Crippen LogP contribution in [0.15, 0.2) is 42.6 Å². The molecule has 2 aliphatic rings. The minimum absolute atomic E-state index is 0.0580. The summed E-state index contributed by atoms with van der Waals surface area (Å²) >= 11 is 5.23. The molecular weight excluding hydrogens is 520 g/mol. The number of hydrogen-bond donors (Lipinski definition) is 2. The van der Waals surface area contributed by atoms with Crippen molar-refractivity contribution < 1.29 is 14.1 Å². The Morgan fingerprint density at radius 1 is 1.24 bits per heavy atom. The summed E-state index contributed by atoms with van der Waals surface area (Å²) < 4.78 is 20.2. The lowest BCUT2D eigenvalue weighted by Crippen LogP contribution is -2.54. The van der Waals surface area contributed by atoms with Gasteiger partial charge in [0, 0.05) is 60.1 Å². The number of aromatic nitrogens is 1. The van der Waals surface area contributed by atoms with Crippen LogP contribution in [0, 0.1) is 5.92 Å². The third-order valence-corrected chi connectivity index (χ3v) is 9.86. The van der Waals surface area contributed by atoms with Gasteiger partial charge in [0.1, 0.15) is 5.75 Å². The number of carbonyl (C=O) groups excluding carboxylic acids is 1. The molecule has 5 atom stereocenters. The van der Waals surface area contributed by atoms with Crippen molar-refractivity contribution in [2.75, 3.05) is 32.5 Å². The Morgan fingerprint density at radius 2 is 2.03 bits per heavy atom. The molecule has 1 aliphatic carbocycles. The highest BCUT2D eigenvalue weighted by atomic mass is 35.5. The van der Waals surface area contributed by atoms with Crippen molar-refractivity contribution in [3.63, 3.8) is 0 Å². The van der Waals surface area contributed by atoms with Crippen LogP contribution in [0.1, 0.15) is 68.9 Å². The van der Waals surface area contributed by atoms with Gasteiger partial charge >= 0.3 is 0 Å². The Morgan fingerprint density at radius 3 is 2.74 bits per heavy atom. The fraction of sp³-hybridized carbons (Fsp3) is 0.586. The standard InChI is InChI=1S/C29H41ClN4O3S/c1-3-17-38(36)34-16-15-31-20-25(34)13-9-22-5-4-6-27(22)33-28(35)18-26(21-7-11-24(30)12-8-21)23-10-14-29(37-2)32-19-23/h7-8,10-12,14,19,22,25-27,31H,3-6,9,13,15-18,20H2,1-2H3,(H,33,35)/t22-,25?,26?,27?,38?/m1/s1. The van der Waals surface area contributed by atoms with Gasteiger partial charge in [-0.05, 0) is 61.3 Å². The van der Waals surface area contributed by atoms with E-state index in [2.05, 4.69) is 26.8 Å². The first kappa shape index (κ1) is 29.2. The van der Waals surface area contributed by atoms with Crippen molar-refractivity contribution in [2.45, 2.75) is 69.9 Å². The zero-order valence-electron chi connectivity index (χ0n) is 22.5. The molecule has 2 aromatic rings. The maximum absolute atomic E-state index is 13.4. The molecule has 208 valence electrons. The van der Waals surface area contributed by atoms with Crippen LogP contribution in [0.4, 0.5) is 0 Å². The molecule has 1 aliphatic heterocycles. The first-order chi connectivity index (χ1) is 18.5. The molecule has 0 spiro atoms. The van der Waals surface area contributed by atoms with Crippen LogP contribution in [0.3, 0.4) is 0 Å². The molecule has 0 bridgehead atoms. The molecule has 2 N–H and O–H groups in total. The number of rotatable bonds is 12. The highest BCUT2D eigenvalue weighted by Gasteiger charge is 2.34. The number of hydrogen-bond acceptors (Lipinski definition) is 6. The molecule has 1 amide bonds. The van der Waals surface area contributed by atoms with Crippen molar-refractivity contribution in [3.05, 3.63) is 58.7 Å². The number of amides is 1. The molecular formula is C29H41ClN4O3S. The average molecular weight is 561 g/mol. The van der Waals surface area contributed by atoms with Gasteiger partial charge in [-0.3, -0.25) is 4.79 Å². The van der Waals surface area contributed by atoms with Crippen molar-refractivity contribution in [2.24, 2.45) is 5.92 Å². The van der Waals surface area contributed by atoms with Crippen molar-refractivity contribution in [1.29, 1.82) is 0 Å². The van der Waals surface area contributed by atoms with Crippen LogP contribution in [0.5, 0.6) is 5.88 Å². The summed E-state index contributed by atoms with van der Waals surface area (Å²) in [4.78, 5) is 17.7. The lowest BCUT2D eigenvalue weighted by atomic mass is 9.88. The van der Waals surface area contributed by atoms with E-state index in [1.54, 1.807) is 13.3 Å². The predicted octanol–water partition coefficient (Wildman–Crippen LogP) is 4.68. The van der Waals surface area contributed by atoms with E-state index in [0.29, 0.717) is 29.3 Å². The predicted molar refractivity (Wildman–Crippen MR) is 154 cm³/mol.